The Kier molecular flexibility index (Phi) is 8.37. The van der Waals surface area contributed by atoms with Crippen LogP contribution in [-0.4, -0.2) is 0 Å². The average Bonchev–Trinajstić information content (AvgIpc) is 2.96. The van der Waals surface area contributed by atoms with E-state index in [4.69, 9.17) is 0 Å². The molecule has 0 unspecified atom stereocenters. The van der Waals surface area contributed by atoms with E-state index in [1.807, 2.05) is 0 Å². The van der Waals surface area contributed by atoms with Gasteiger partial charge < -0.3 is 0 Å². The van der Waals surface area contributed by atoms with Gasteiger partial charge in [0.15, 0.2) is 0 Å². The molecule has 0 aliphatic rings. The maximum absolute atomic E-state index is 2.45. The van der Waals surface area contributed by atoms with Crippen molar-refractivity contribution in [2.24, 2.45) is 0 Å². The first-order valence-corrected chi connectivity index (χ1v) is 16.4. The summed E-state index contributed by atoms with van der Waals surface area (Å²) in [5, 5.41) is 0. The Bertz CT molecular complexity index is 1800. The lowest BCUT2D eigenvalue weighted by Gasteiger charge is -2.14. The van der Waals surface area contributed by atoms with Crippen LogP contribution in [0.4, 0.5) is 0 Å². The molecule has 0 saturated heterocycles. The summed E-state index contributed by atoms with van der Waals surface area (Å²) in [5.74, 6) is 0. The zero-order chi connectivity index (χ0) is 29.4. The Morgan fingerprint density at radius 3 is 0.857 bits per heavy atom. The molecule has 0 nitrogen and oxygen atoms in total. The molecule has 0 N–H and O–H groups in total. The highest BCUT2D eigenvalue weighted by Gasteiger charge is 2.11. The monoisotopic (exact) mass is 766 g/mol. The van der Waals surface area contributed by atoms with E-state index in [9.17, 15) is 0 Å². The summed E-state index contributed by atoms with van der Waals surface area (Å²) in [4.78, 5) is 0. The minimum Gasteiger partial charge on any atom is -0.0614 e. The highest BCUT2D eigenvalue weighted by Crippen LogP contribution is 2.36. The predicted octanol–water partition coefficient (Wildman–Crippen LogP) is 12.5. The van der Waals surface area contributed by atoms with Crippen LogP contribution in [0.25, 0.3) is 55.6 Å². The molecular weight excluding hydrogens is 734 g/mol. The molecule has 0 aromatic heterocycles. The molecule has 6 aromatic carbocycles. The second-order valence-electron chi connectivity index (χ2n) is 11.4. The first-order valence-electron chi connectivity index (χ1n) is 14.2. The van der Waals surface area contributed by atoms with Gasteiger partial charge in [-0.2, -0.15) is 0 Å². The first-order chi connectivity index (χ1) is 20.2. The first kappa shape index (κ1) is 28.9. The second-order valence-corrected chi connectivity index (χ2v) is 13.9. The lowest BCUT2D eigenvalue weighted by Crippen LogP contribution is -1.90. The zero-order valence-corrected chi connectivity index (χ0v) is 28.6. The number of hydrogen-bond acceptors (Lipinski definition) is 0. The molecule has 0 saturated carbocycles. The van der Waals surface area contributed by atoms with Gasteiger partial charge in [-0.3, -0.25) is 0 Å². The van der Waals surface area contributed by atoms with Crippen LogP contribution in [0.5, 0.6) is 0 Å². The van der Waals surface area contributed by atoms with Gasteiger partial charge >= 0.3 is 0 Å². The standard InChI is InChI=1S/C40H32I2/c1-25-7-5-9-29(11-25)35-19-37(23-39(41)21-35)33-15-27(3)13-31(17-33)32-14-28(4)16-34(18-32)38-20-36(22-40(42)24-38)30-10-6-8-26(2)12-30/h5-24H,1-4H3. The lowest BCUT2D eigenvalue weighted by atomic mass is 9.91. The van der Waals surface area contributed by atoms with Gasteiger partial charge in [-0.1, -0.05) is 83.9 Å². The van der Waals surface area contributed by atoms with Crippen molar-refractivity contribution < 1.29 is 0 Å². The minimum atomic E-state index is 1.24. The topological polar surface area (TPSA) is 0 Å². The van der Waals surface area contributed by atoms with E-state index >= 15 is 0 Å². The summed E-state index contributed by atoms with van der Waals surface area (Å²) >= 11 is 4.90. The van der Waals surface area contributed by atoms with E-state index in [0.717, 1.165) is 0 Å². The molecule has 206 valence electrons. The quantitative estimate of drug-likeness (QED) is 0.153. The van der Waals surface area contributed by atoms with Crippen molar-refractivity contribution in [3.05, 3.63) is 151 Å². The van der Waals surface area contributed by atoms with E-state index in [-0.39, 0.29) is 0 Å². The van der Waals surface area contributed by atoms with E-state index in [1.54, 1.807) is 0 Å². The van der Waals surface area contributed by atoms with Crippen LogP contribution in [-0.2, 0) is 0 Å². The Balaban J connectivity index is 1.42. The summed E-state index contributed by atoms with van der Waals surface area (Å²) in [6, 6.07) is 45.2. The maximum Gasteiger partial charge on any atom is 0.0142 e. The van der Waals surface area contributed by atoms with Gasteiger partial charge in [0.2, 0.25) is 0 Å². The third-order valence-electron chi connectivity index (χ3n) is 7.65. The third kappa shape index (κ3) is 6.55. The Morgan fingerprint density at radius 1 is 0.286 bits per heavy atom. The SMILES string of the molecule is Cc1cccc(-c2cc(I)cc(-c3cc(C)cc(-c4cc(C)cc(-c5cc(I)cc(-c6cccc(C)c6)c5)c4)c3)c2)c1. The molecule has 2 heteroatoms. The molecule has 0 bridgehead atoms. The molecule has 0 amide bonds. The molecule has 0 fully saturated rings. The second kappa shape index (κ2) is 12.2. The fourth-order valence-electron chi connectivity index (χ4n) is 5.73. The molecule has 0 heterocycles. The highest BCUT2D eigenvalue weighted by molar-refractivity contribution is 14.1. The van der Waals surface area contributed by atoms with Crippen molar-refractivity contribution >= 4 is 45.2 Å². The smallest absolute Gasteiger partial charge is 0.0142 e. The van der Waals surface area contributed by atoms with Crippen LogP contribution in [0.2, 0.25) is 0 Å². The zero-order valence-electron chi connectivity index (χ0n) is 24.3. The van der Waals surface area contributed by atoms with Crippen LogP contribution in [0, 0.1) is 34.8 Å². The van der Waals surface area contributed by atoms with Gasteiger partial charge in [-0.05, 0) is 188 Å². The van der Waals surface area contributed by atoms with Crippen LogP contribution >= 0.6 is 45.2 Å². The molecule has 6 aromatic rings. The molecule has 0 aliphatic carbocycles. The summed E-state index contributed by atoms with van der Waals surface area (Å²) in [6.07, 6.45) is 0. The average molecular weight is 767 g/mol. The fourth-order valence-corrected chi connectivity index (χ4v) is 7.07. The van der Waals surface area contributed by atoms with Gasteiger partial charge in [0, 0.05) is 7.14 Å². The van der Waals surface area contributed by atoms with E-state index in [0.29, 0.717) is 0 Å². The Morgan fingerprint density at radius 2 is 0.548 bits per heavy atom. The summed E-state index contributed by atoms with van der Waals surface area (Å²) in [6.45, 7) is 8.71. The molecule has 0 aliphatic heterocycles. The highest BCUT2D eigenvalue weighted by atomic mass is 127. The lowest BCUT2D eigenvalue weighted by molar-refractivity contribution is 1.43. The van der Waals surface area contributed by atoms with Crippen LogP contribution in [0.1, 0.15) is 22.3 Å². The summed E-state index contributed by atoms with van der Waals surface area (Å²) in [7, 11) is 0. The van der Waals surface area contributed by atoms with Crippen molar-refractivity contribution in [1.82, 2.24) is 0 Å². The maximum atomic E-state index is 2.45. The van der Waals surface area contributed by atoms with Crippen molar-refractivity contribution in [3.8, 4) is 55.6 Å². The largest absolute Gasteiger partial charge is 0.0614 e. The van der Waals surface area contributed by atoms with E-state index in [1.165, 1.54) is 85.0 Å². The van der Waals surface area contributed by atoms with E-state index < -0.39 is 0 Å². The summed E-state index contributed by atoms with van der Waals surface area (Å²) < 4.78 is 2.48. The number of aryl methyl sites for hydroxylation is 4. The van der Waals surface area contributed by atoms with Gasteiger partial charge in [0.05, 0.1) is 0 Å². The number of rotatable bonds is 5. The van der Waals surface area contributed by atoms with Crippen molar-refractivity contribution in [2.75, 3.05) is 0 Å². The van der Waals surface area contributed by atoms with Crippen LogP contribution in [0.3, 0.4) is 0 Å². The molecule has 0 atom stereocenters. The normalized spacial score (nSPS) is 11.1. The van der Waals surface area contributed by atoms with Crippen molar-refractivity contribution in [3.63, 3.8) is 0 Å². The van der Waals surface area contributed by atoms with Gasteiger partial charge in [-0.15, -0.1) is 0 Å². The predicted molar refractivity (Wildman–Crippen MR) is 198 cm³/mol. The third-order valence-corrected chi connectivity index (χ3v) is 8.90. The fraction of sp³-hybridized carbons (Fsp3) is 0.100. The molecule has 6 rings (SSSR count). The van der Waals surface area contributed by atoms with Gasteiger partial charge in [0.1, 0.15) is 0 Å². The van der Waals surface area contributed by atoms with Crippen molar-refractivity contribution in [1.29, 1.82) is 0 Å². The Hall–Kier alpha value is -3.22. The van der Waals surface area contributed by atoms with Gasteiger partial charge in [0.25, 0.3) is 0 Å². The van der Waals surface area contributed by atoms with Crippen molar-refractivity contribution in [2.45, 2.75) is 27.7 Å². The van der Waals surface area contributed by atoms with E-state index in [2.05, 4.69) is 194 Å². The van der Waals surface area contributed by atoms with Crippen LogP contribution < -0.4 is 0 Å². The number of benzene rings is 6. The summed E-state index contributed by atoms with van der Waals surface area (Å²) in [5.41, 5.74) is 17.6. The minimum absolute atomic E-state index is 1.24. The molecule has 0 spiro atoms. The molecular formula is C40H32I2. The van der Waals surface area contributed by atoms with Gasteiger partial charge in [-0.25, -0.2) is 0 Å². The Labute approximate surface area is 277 Å². The molecule has 42 heavy (non-hydrogen) atoms. The van der Waals surface area contributed by atoms with Crippen LogP contribution in [0.15, 0.2) is 121 Å². The molecule has 0 radical (unpaired) electrons. The number of hydrogen-bond donors (Lipinski definition) is 0. The number of halogens is 2.